The van der Waals surface area contributed by atoms with E-state index in [1.54, 1.807) is 0 Å². The second-order valence-corrected chi connectivity index (χ2v) is 4.68. The maximum atomic E-state index is 4.59. The Bertz CT molecular complexity index is 514. The first-order valence-electron chi connectivity index (χ1n) is 6.73. The van der Waals surface area contributed by atoms with E-state index >= 15 is 0 Å². The number of hydrogen-bond donors (Lipinski definition) is 0. The molecule has 0 spiro atoms. The van der Waals surface area contributed by atoms with Crippen LogP contribution in [0.15, 0.2) is 24.7 Å². The first-order chi connectivity index (χ1) is 8.74. The van der Waals surface area contributed by atoms with E-state index in [-0.39, 0.29) is 0 Å². The van der Waals surface area contributed by atoms with Crippen LogP contribution in [0.25, 0.3) is 11.1 Å². The van der Waals surface area contributed by atoms with E-state index in [1.165, 1.54) is 24.1 Å². The van der Waals surface area contributed by atoms with Crippen molar-refractivity contribution < 1.29 is 0 Å². The summed E-state index contributed by atoms with van der Waals surface area (Å²) in [5.41, 5.74) is 4.82. The second-order valence-electron chi connectivity index (χ2n) is 4.68. The molecule has 18 heavy (non-hydrogen) atoms. The van der Waals surface area contributed by atoms with Crippen LogP contribution in [0.1, 0.15) is 37.9 Å². The quantitative estimate of drug-likeness (QED) is 0.803. The summed E-state index contributed by atoms with van der Waals surface area (Å²) < 4.78 is 1.94. The van der Waals surface area contributed by atoms with Crippen molar-refractivity contribution in [1.29, 1.82) is 0 Å². The number of unbranched alkanes of at least 4 members (excludes halogenated alkanes) is 1. The third-order valence-electron chi connectivity index (χ3n) is 3.24. The fourth-order valence-electron chi connectivity index (χ4n) is 2.05. The molecule has 2 aromatic rings. The molecule has 0 aliphatic carbocycles. The highest BCUT2D eigenvalue weighted by Gasteiger charge is 2.05. The van der Waals surface area contributed by atoms with Gasteiger partial charge in [0.25, 0.3) is 0 Å². The number of rotatable bonds is 5. The van der Waals surface area contributed by atoms with Gasteiger partial charge < -0.3 is 0 Å². The Hall–Kier alpha value is -1.64. The molecule has 0 aromatic carbocycles. The zero-order valence-corrected chi connectivity index (χ0v) is 11.5. The monoisotopic (exact) mass is 243 g/mol. The molecule has 0 radical (unpaired) electrons. The normalized spacial score (nSPS) is 10.8. The number of aryl methyl sites for hydroxylation is 3. The molecule has 0 N–H and O–H groups in total. The Morgan fingerprint density at radius 2 is 2.00 bits per heavy atom. The van der Waals surface area contributed by atoms with E-state index in [4.69, 9.17) is 0 Å². The van der Waals surface area contributed by atoms with Crippen LogP contribution in [0.4, 0.5) is 0 Å². The molecule has 0 atom stereocenters. The summed E-state index contributed by atoms with van der Waals surface area (Å²) in [6, 6.07) is 2.22. The Kier molecular flexibility index (Phi) is 4.13. The van der Waals surface area contributed by atoms with Crippen molar-refractivity contribution in [3.05, 3.63) is 35.9 Å². The average molecular weight is 243 g/mol. The van der Waals surface area contributed by atoms with Gasteiger partial charge >= 0.3 is 0 Å². The molecular weight excluding hydrogens is 222 g/mol. The molecule has 0 saturated carbocycles. The molecule has 0 aliphatic heterocycles. The number of nitrogens with zero attached hydrogens (tertiary/aromatic N) is 3. The summed E-state index contributed by atoms with van der Waals surface area (Å²) in [5, 5.41) is 4.30. The van der Waals surface area contributed by atoms with Gasteiger partial charge in [0, 0.05) is 35.8 Å². The highest BCUT2D eigenvalue weighted by molar-refractivity contribution is 5.61. The molecule has 0 bridgehead atoms. The van der Waals surface area contributed by atoms with Crippen LogP contribution < -0.4 is 0 Å². The highest BCUT2D eigenvalue weighted by Crippen LogP contribution is 2.20. The molecule has 3 nitrogen and oxygen atoms in total. The van der Waals surface area contributed by atoms with E-state index < -0.39 is 0 Å². The minimum Gasteiger partial charge on any atom is -0.272 e. The van der Waals surface area contributed by atoms with Gasteiger partial charge in [0.1, 0.15) is 0 Å². The van der Waals surface area contributed by atoms with Gasteiger partial charge in [-0.2, -0.15) is 5.10 Å². The Balaban J connectivity index is 2.22. The molecule has 0 saturated heterocycles. The molecule has 2 heterocycles. The first-order valence-corrected chi connectivity index (χ1v) is 6.73. The Labute approximate surface area is 109 Å². The summed E-state index contributed by atoms with van der Waals surface area (Å²) in [6.45, 7) is 7.35. The van der Waals surface area contributed by atoms with Gasteiger partial charge in [-0.15, -0.1) is 0 Å². The summed E-state index contributed by atoms with van der Waals surface area (Å²) in [4.78, 5) is 4.59. The molecular formula is C15H21N3. The lowest BCUT2D eigenvalue weighted by Gasteiger charge is -2.06. The van der Waals surface area contributed by atoms with E-state index in [9.17, 15) is 0 Å². The molecule has 0 unspecified atom stereocenters. The van der Waals surface area contributed by atoms with E-state index in [0.29, 0.717) is 0 Å². The maximum absolute atomic E-state index is 4.59. The number of aromatic nitrogens is 3. The van der Waals surface area contributed by atoms with E-state index in [2.05, 4.69) is 43.1 Å². The standard InChI is InChI=1S/C15H21N3/c1-4-6-7-15-12(3)8-13(9-16-15)14-10-17-18(5-2)11-14/h8-11H,4-7H2,1-3H3. The second kappa shape index (κ2) is 5.80. The Morgan fingerprint density at radius 3 is 2.61 bits per heavy atom. The lowest BCUT2D eigenvalue weighted by atomic mass is 10.1. The van der Waals surface area contributed by atoms with E-state index in [1.807, 2.05) is 17.1 Å². The molecule has 3 heteroatoms. The van der Waals surface area contributed by atoms with Gasteiger partial charge in [0.2, 0.25) is 0 Å². The van der Waals surface area contributed by atoms with Crippen LogP contribution in [0.5, 0.6) is 0 Å². The third-order valence-corrected chi connectivity index (χ3v) is 3.24. The van der Waals surface area contributed by atoms with Gasteiger partial charge in [-0.3, -0.25) is 9.67 Å². The largest absolute Gasteiger partial charge is 0.272 e. The van der Waals surface area contributed by atoms with Crippen molar-refractivity contribution >= 4 is 0 Å². The predicted octanol–water partition coefficient (Wildman–Crippen LogP) is 3.62. The van der Waals surface area contributed by atoms with Gasteiger partial charge in [-0.1, -0.05) is 13.3 Å². The van der Waals surface area contributed by atoms with E-state index in [0.717, 1.165) is 24.1 Å². The fraction of sp³-hybridized carbons (Fsp3) is 0.467. The molecule has 0 fully saturated rings. The predicted molar refractivity (Wildman–Crippen MR) is 74.5 cm³/mol. The van der Waals surface area contributed by atoms with Crippen LogP contribution in [-0.4, -0.2) is 14.8 Å². The first kappa shape index (κ1) is 12.8. The van der Waals surface area contributed by atoms with Crippen molar-refractivity contribution in [1.82, 2.24) is 14.8 Å². The minimum atomic E-state index is 0.904. The van der Waals surface area contributed by atoms with Crippen LogP contribution in [-0.2, 0) is 13.0 Å². The summed E-state index contributed by atoms with van der Waals surface area (Å²) in [6.07, 6.45) is 9.45. The summed E-state index contributed by atoms with van der Waals surface area (Å²) >= 11 is 0. The van der Waals surface area contributed by atoms with Gasteiger partial charge in [-0.25, -0.2) is 0 Å². The topological polar surface area (TPSA) is 30.7 Å². The summed E-state index contributed by atoms with van der Waals surface area (Å²) in [7, 11) is 0. The highest BCUT2D eigenvalue weighted by atomic mass is 15.3. The summed E-state index contributed by atoms with van der Waals surface area (Å²) in [5.74, 6) is 0. The average Bonchev–Trinajstić information content (AvgIpc) is 2.86. The number of hydrogen-bond acceptors (Lipinski definition) is 2. The lowest BCUT2D eigenvalue weighted by molar-refractivity contribution is 0.660. The van der Waals surface area contributed by atoms with Crippen molar-refractivity contribution in [3.63, 3.8) is 0 Å². The fourth-order valence-corrected chi connectivity index (χ4v) is 2.05. The van der Waals surface area contributed by atoms with Gasteiger partial charge in [-0.05, 0) is 38.3 Å². The van der Waals surface area contributed by atoms with Crippen molar-refractivity contribution in [3.8, 4) is 11.1 Å². The van der Waals surface area contributed by atoms with Crippen molar-refractivity contribution in [2.24, 2.45) is 0 Å². The number of pyridine rings is 1. The third kappa shape index (κ3) is 2.78. The molecule has 0 aliphatic rings. The molecule has 0 amide bonds. The SMILES string of the molecule is CCCCc1ncc(-c2cnn(CC)c2)cc1C. The molecule has 96 valence electrons. The van der Waals surface area contributed by atoms with Crippen LogP contribution in [0, 0.1) is 6.92 Å². The zero-order chi connectivity index (χ0) is 13.0. The van der Waals surface area contributed by atoms with Crippen LogP contribution >= 0.6 is 0 Å². The van der Waals surface area contributed by atoms with Gasteiger partial charge in [0.15, 0.2) is 0 Å². The van der Waals surface area contributed by atoms with Crippen LogP contribution in [0.3, 0.4) is 0 Å². The Morgan fingerprint density at radius 1 is 1.17 bits per heavy atom. The smallest absolute Gasteiger partial charge is 0.0568 e. The minimum absolute atomic E-state index is 0.904. The molecule has 2 aromatic heterocycles. The van der Waals surface area contributed by atoms with Crippen molar-refractivity contribution in [2.45, 2.75) is 46.6 Å². The van der Waals surface area contributed by atoms with Crippen LogP contribution in [0.2, 0.25) is 0 Å². The zero-order valence-electron chi connectivity index (χ0n) is 11.5. The maximum Gasteiger partial charge on any atom is 0.0568 e. The molecule has 2 rings (SSSR count). The van der Waals surface area contributed by atoms with Crippen molar-refractivity contribution in [2.75, 3.05) is 0 Å². The lowest BCUT2D eigenvalue weighted by Crippen LogP contribution is -1.95. The van der Waals surface area contributed by atoms with Gasteiger partial charge in [0.05, 0.1) is 6.20 Å².